The van der Waals surface area contributed by atoms with E-state index >= 15 is 0 Å². The van der Waals surface area contributed by atoms with E-state index in [-0.39, 0.29) is 12.3 Å². The number of carbonyl (C=O) groups excluding carboxylic acids is 1. The number of nitrogens with zero attached hydrogens (tertiary/aromatic N) is 1. The number of ether oxygens (including phenoxy) is 1. The van der Waals surface area contributed by atoms with Gasteiger partial charge in [-0.15, -0.1) is 0 Å². The summed E-state index contributed by atoms with van der Waals surface area (Å²) >= 11 is 0. The standard InChI is InChI=1S/C9H8FNO3/c1-14-8-3-6(4-11-5-12)2-7(10)9(8)13/h2-3,13H,4H2,1H3. The van der Waals surface area contributed by atoms with Crippen molar-refractivity contribution in [2.75, 3.05) is 7.11 Å². The minimum absolute atomic E-state index is 0.0110. The number of phenols is 1. The van der Waals surface area contributed by atoms with Gasteiger partial charge in [0.25, 0.3) is 0 Å². The van der Waals surface area contributed by atoms with E-state index < -0.39 is 11.6 Å². The molecule has 1 aromatic carbocycles. The molecule has 0 amide bonds. The van der Waals surface area contributed by atoms with Gasteiger partial charge < -0.3 is 9.84 Å². The van der Waals surface area contributed by atoms with Gasteiger partial charge in [0.15, 0.2) is 17.3 Å². The van der Waals surface area contributed by atoms with Crippen LogP contribution in [0.5, 0.6) is 11.5 Å². The van der Waals surface area contributed by atoms with Gasteiger partial charge in [-0.1, -0.05) is 0 Å². The minimum atomic E-state index is -0.805. The van der Waals surface area contributed by atoms with Crippen LogP contribution in [0, 0.1) is 5.82 Å². The number of aromatic hydroxyl groups is 1. The third kappa shape index (κ3) is 2.08. The Morgan fingerprint density at radius 1 is 1.64 bits per heavy atom. The molecule has 0 heterocycles. The number of halogens is 1. The monoisotopic (exact) mass is 197 g/mol. The molecule has 14 heavy (non-hydrogen) atoms. The highest BCUT2D eigenvalue weighted by Gasteiger charge is 2.09. The molecule has 0 aliphatic carbocycles. The molecule has 1 rings (SSSR count). The fourth-order valence-corrected chi connectivity index (χ4v) is 0.998. The first-order chi connectivity index (χ1) is 6.69. The van der Waals surface area contributed by atoms with Crippen LogP contribution in [0.4, 0.5) is 4.39 Å². The van der Waals surface area contributed by atoms with Crippen LogP contribution in [0.2, 0.25) is 0 Å². The molecule has 0 saturated carbocycles. The van der Waals surface area contributed by atoms with E-state index in [1.807, 2.05) is 0 Å². The molecule has 4 nitrogen and oxygen atoms in total. The van der Waals surface area contributed by atoms with Gasteiger partial charge in [-0.05, 0) is 17.7 Å². The molecule has 5 heteroatoms. The Labute approximate surface area is 79.7 Å². The summed E-state index contributed by atoms with van der Waals surface area (Å²) < 4.78 is 17.7. The van der Waals surface area contributed by atoms with Crippen LogP contribution >= 0.6 is 0 Å². The molecule has 0 fully saturated rings. The third-order valence-corrected chi connectivity index (χ3v) is 1.63. The van der Waals surface area contributed by atoms with Crippen molar-refractivity contribution in [1.29, 1.82) is 0 Å². The maximum absolute atomic E-state index is 13.0. The molecule has 0 saturated heterocycles. The SMILES string of the molecule is COc1cc(CN=C=O)cc(F)c1O. The Balaban J connectivity index is 3.09. The zero-order valence-corrected chi connectivity index (χ0v) is 7.45. The topological polar surface area (TPSA) is 58.9 Å². The normalized spacial score (nSPS) is 9.29. The van der Waals surface area contributed by atoms with Gasteiger partial charge in [0.05, 0.1) is 13.7 Å². The third-order valence-electron chi connectivity index (χ3n) is 1.63. The summed E-state index contributed by atoms with van der Waals surface area (Å²) in [6, 6.07) is 2.48. The summed E-state index contributed by atoms with van der Waals surface area (Å²) in [6.45, 7) is 0.0110. The van der Waals surface area contributed by atoms with E-state index in [0.717, 1.165) is 6.07 Å². The van der Waals surface area contributed by atoms with Crippen LogP contribution in [0.25, 0.3) is 0 Å². The van der Waals surface area contributed by atoms with Gasteiger partial charge in [-0.25, -0.2) is 14.2 Å². The van der Waals surface area contributed by atoms with E-state index in [2.05, 4.69) is 4.99 Å². The molecule has 0 aliphatic rings. The highest BCUT2D eigenvalue weighted by Crippen LogP contribution is 2.30. The fraction of sp³-hybridized carbons (Fsp3) is 0.222. The first-order valence-electron chi connectivity index (χ1n) is 3.78. The molecule has 1 aromatic rings. The van der Waals surface area contributed by atoms with Crippen molar-refractivity contribution >= 4 is 6.08 Å². The predicted molar refractivity (Wildman–Crippen MR) is 46.4 cm³/mol. The Bertz CT molecular complexity index is 386. The second-order valence-electron chi connectivity index (χ2n) is 2.54. The Kier molecular flexibility index (Phi) is 3.20. The number of phenolic OH excluding ortho intramolecular Hbond substituents is 1. The number of hydrogen-bond donors (Lipinski definition) is 1. The van der Waals surface area contributed by atoms with Gasteiger partial charge in [-0.2, -0.15) is 0 Å². The number of benzene rings is 1. The summed E-state index contributed by atoms with van der Waals surface area (Å²) in [5.74, 6) is -1.34. The lowest BCUT2D eigenvalue weighted by Gasteiger charge is -2.05. The average molecular weight is 197 g/mol. The first-order valence-corrected chi connectivity index (χ1v) is 3.78. The second kappa shape index (κ2) is 4.39. The maximum Gasteiger partial charge on any atom is 0.235 e. The number of isocyanates is 1. The number of rotatable bonds is 3. The predicted octanol–water partition coefficient (Wildman–Crippen LogP) is 1.38. The molecular weight excluding hydrogens is 189 g/mol. The van der Waals surface area contributed by atoms with Gasteiger partial charge in [0.1, 0.15) is 0 Å². The lowest BCUT2D eigenvalue weighted by molar-refractivity contribution is 0.356. The van der Waals surface area contributed by atoms with Crippen molar-refractivity contribution in [3.8, 4) is 11.5 Å². The van der Waals surface area contributed by atoms with Gasteiger partial charge >= 0.3 is 0 Å². The number of hydrogen-bond acceptors (Lipinski definition) is 4. The summed E-state index contributed by atoms with van der Waals surface area (Å²) in [4.78, 5) is 13.1. The van der Waals surface area contributed by atoms with E-state index in [1.165, 1.54) is 19.3 Å². The molecule has 0 aromatic heterocycles. The maximum atomic E-state index is 13.0. The van der Waals surface area contributed by atoms with Crippen LogP contribution in [0.15, 0.2) is 17.1 Å². The summed E-state index contributed by atoms with van der Waals surface area (Å²) in [5.41, 5.74) is 0.431. The summed E-state index contributed by atoms with van der Waals surface area (Å²) in [5, 5.41) is 9.14. The minimum Gasteiger partial charge on any atom is -0.502 e. The van der Waals surface area contributed by atoms with Crippen molar-refractivity contribution < 1.29 is 19.0 Å². The van der Waals surface area contributed by atoms with Crippen molar-refractivity contribution in [3.05, 3.63) is 23.5 Å². The zero-order chi connectivity index (χ0) is 10.6. The quantitative estimate of drug-likeness (QED) is 0.588. The number of aliphatic imine (C=N–C) groups is 1. The van der Waals surface area contributed by atoms with Crippen LogP contribution < -0.4 is 4.74 Å². The van der Waals surface area contributed by atoms with E-state index in [0.29, 0.717) is 5.56 Å². The summed E-state index contributed by atoms with van der Waals surface area (Å²) in [6.07, 6.45) is 1.34. The van der Waals surface area contributed by atoms with Crippen LogP contribution in [0.3, 0.4) is 0 Å². The number of methoxy groups -OCH3 is 1. The second-order valence-corrected chi connectivity index (χ2v) is 2.54. The van der Waals surface area contributed by atoms with Crippen molar-refractivity contribution in [2.45, 2.75) is 6.54 Å². The van der Waals surface area contributed by atoms with Crippen LogP contribution in [-0.2, 0) is 11.3 Å². The van der Waals surface area contributed by atoms with Gasteiger partial charge in [0, 0.05) is 0 Å². The Morgan fingerprint density at radius 3 is 2.93 bits per heavy atom. The highest BCUT2D eigenvalue weighted by molar-refractivity contribution is 5.43. The van der Waals surface area contributed by atoms with Gasteiger partial charge in [-0.3, -0.25) is 0 Å². The largest absolute Gasteiger partial charge is 0.502 e. The molecule has 0 atom stereocenters. The molecule has 0 radical (unpaired) electrons. The lowest BCUT2D eigenvalue weighted by Crippen LogP contribution is -1.90. The Morgan fingerprint density at radius 2 is 2.36 bits per heavy atom. The summed E-state index contributed by atoms with van der Waals surface area (Å²) in [7, 11) is 1.31. The van der Waals surface area contributed by atoms with E-state index in [9.17, 15) is 9.18 Å². The lowest BCUT2D eigenvalue weighted by atomic mass is 10.2. The van der Waals surface area contributed by atoms with E-state index in [4.69, 9.17) is 9.84 Å². The molecular formula is C9H8FNO3. The van der Waals surface area contributed by atoms with Crippen molar-refractivity contribution in [3.63, 3.8) is 0 Å². The molecule has 0 bridgehead atoms. The van der Waals surface area contributed by atoms with E-state index in [1.54, 1.807) is 0 Å². The highest BCUT2D eigenvalue weighted by atomic mass is 19.1. The molecule has 1 N–H and O–H groups in total. The molecule has 0 aliphatic heterocycles. The molecule has 74 valence electrons. The van der Waals surface area contributed by atoms with Crippen molar-refractivity contribution in [1.82, 2.24) is 0 Å². The molecule has 0 spiro atoms. The van der Waals surface area contributed by atoms with Gasteiger partial charge in [0.2, 0.25) is 6.08 Å². The fourth-order valence-electron chi connectivity index (χ4n) is 0.998. The average Bonchev–Trinajstić information content (AvgIpc) is 2.19. The molecule has 0 unspecified atom stereocenters. The zero-order valence-electron chi connectivity index (χ0n) is 7.45. The first kappa shape index (κ1) is 10.2. The van der Waals surface area contributed by atoms with Crippen molar-refractivity contribution in [2.24, 2.45) is 4.99 Å². The van der Waals surface area contributed by atoms with Crippen LogP contribution in [0.1, 0.15) is 5.56 Å². The smallest absolute Gasteiger partial charge is 0.235 e. The van der Waals surface area contributed by atoms with Crippen LogP contribution in [-0.4, -0.2) is 18.3 Å². The Hall–Kier alpha value is -1.87.